The van der Waals surface area contributed by atoms with Gasteiger partial charge in [-0.1, -0.05) is 11.6 Å². The van der Waals surface area contributed by atoms with Gasteiger partial charge in [0.1, 0.15) is 0 Å². The summed E-state index contributed by atoms with van der Waals surface area (Å²) in [5.41, 5.74) is 4.30. The fourth-order valence-corrected chi connectivity index (χ4v) is 2.73. The molecule has 0 spiro atoms. The number of hydrogen-bond donors (Lipinski definition) is 2. The van der Waals surface area contributed by atoms with Crippen LogP contribution in [0.1, 0.15) is 33.1 Å². The Balaban J connectivity index is 1.93. The number of nitrogens with one attached hydrogen (secondary N) is 1. The minimum atomic E-state index is 0.415. The van der Waals surface area contributed by atoms with Gasteiger partial charge >= 0.3 is 0 Å². The van der Waals surface area contributed by atoms with Crippen molar-refractivity contribution in [2.24, 2.45) is 23.6 Å². The predicted molar refractivity (Wildman–Crippen MR) is 54.9 cm³/mol. The van der Waals surface area contributed by atoms with Crippen LogP contribution >= 0.6 is 0 Å². The fourth-order valence-electron chi connectivity index (χ4n) is 2.73. The van der Waals surface area contributed by atoms with E-state index in [-0.39, 0.29) is 0 Å². The first-order valence-electron chi connectivity index (χ1n) is 5.32. The molecule has 2 fully saturated rings. The molecular weight excluding hydrogens is 160 g/mol. The second-order valence-corrected chi connectivity index (χ2v) is 4.92. The molecule has 2 nitrogen and oxygen atoms in total. The number of hydrogen-bond acceptors (Lipinski definition) is 2. The summed E-state index contributed by atoms with van der Waals surface area (Å²) in [5, 5.41) is 0. The van der Waals surface area contributed by atoms with Gasteiger partial charge in [-0.05, 0) is 50.9 Å². The molecule has 74 valence electrons. The van der Waals surface area contributed by atoms with Crippen molar-refractivity contribution in [3.63, 3.8) is 0 Å². The van der Waals surface area contributed by atoms with Crippen LogP contribution in [0.15, 0.2) is 11.6 Å². The topological polar surface area (TPSA) is 38.0 Å². The quantitative estimate of drug-likeness (QED) is 0.395. The first kappa shape index (κ1) is 9.22. The molecule has 2 heteroatoms. The first-order chi connectivity index (χ1) is 6.20. The molecule has 0 aromatic rings. The third-order valence-corrected chi connectivity index (χ3v) is 3.49. The maximum atomic E-state index is 5.57. The van der Waals surface area contributed by atoms with Crippen molar-refractivity contribution in [2.45, 2.75) is 39.2 Å². The summed E-state index contributed by atoms with van der Waals surface area (Å²) in [6.07, 6.45) is 6.55. The highest BCUT2D eigenvalue weighted by Gasteiger charge is 2.47. The van der Waals surface area contributed by atoms with E-state index in [1.807, 2.05) is 0 Å². The van der Waals surface area contributed by atoms with Gasteiger partial charge in [-0.25, -0.2) is 0 Å². The number of allylic oxidation sites excluding steroid dienone is 1. The SMILES string of the molecule is CC(C)=CC(NN)C1CC2CC2C1. The van der Waals surface area contributed by atoms with Crippen molar-refractivity contribution >= 4 is 0 Å². The normalized spacial score (nSPS) is 38.2. The molecule has 0 saturated heterocycles. The number of hydrazine groups is 1. The summed E-state index contributed by atoms with van der Waals surface area (Å²) in [6.45, 7) is 4.28. The summed E-state index contributed by atoms with van der Waals surface area (Å²) in [5.74, 6) is 8.46. The second kappa shape index (κ2) is 3.43. The van der Waals surface area contributed by atoms with E-state index in [4.69, 9.17) is 5.84 Å². The van der Waals surface area contributed by atoms with Crippen LogP contribution in [0.2, 0.25) is 0 Å². The molecule has 0 heterocycles. The third-order valence-electron chi connectivity index (χ3n) is 3.49. The van der Waals surface area contributed by atoms with Gasteiger partial charge in [0, 0.05) is 6.04 Å². The van der Waals surface area contributed by atoms with Gasteiger partial charge in [-0.15, -0.1) is 0 Å². The van der Waals surface area contributed by atoms with Gasteiger partial charge in [0.25, 0.3) is 0 Å². The number of rotatable bonds is 3. The van der Waals surface area contributed by atoms with E-state index >= 15 is 0 Å². The summed E-state index contributed by atoms with van der Waals surface area (Å²) in [4.78, 5) is 0. The van der Waals surface area contributed by atoms with Crippen LogP contribution in [0, 0.1) is 17.8 Å². The van der Waals surface area contributed by atoms with Crippen molar-refractivity contribution in [3.05, 3.63) is 11.6 Å². The lowest BCUT2D eigenvalue weighted by atomic mass is 9.93. The third kappa shape index (κ3) is 1.94. The van der Waals surface area contributed by atoms with Crippen molar-refractivity contribution in [1.29, 1.82) is 0 Å². The van der Waals surface area contributed by atoms with Crippen LogP contribution in [-0.4, -0.2) is 6.04 Å². The molecule has 2 saturated carbocycles. The van der Waals surface area contributed by atoms with Gasteiger partial charge in [0.15, 0.2) is 0 Å². The monoisotopic (exact) mass is 180 g/mol. The van der Waals surface area contributed by atoms with Crippen molar-refractivity contribution in [2.75, 3.05) is 0 Å². The zero-order chi connectivity index (χ0) is 9.42. The van der Waals surface area contributed by atoms with Crippen molar-refractivity contribution in [1.82, 2.24) is 5.43 Å². The predicted octanol–water partition coefficient (Wildman–Crippen LogP) is 1.83. The van der Waals surface area contributed by atoms with Crippen LogP contribution in [0.5, 0.6) is 0 Å². The lowest BCUT2D eigenvalue weighted by molar-refractivity contribution is 0.386. The molecule has 0 aromatic heterocycles. The highest BCUT2D eigenvalue weighted by molar-refractivity contribution is 5.07. The Labute approximate surface area is 80.5 Å². The molecule has 0 aliphatic heterocycles. The molecule has 13 heavy (non-hydrogen) atoms. The minimum Gasteiger partial charge on any atom is -0.271 e. The van der Waals surface area contributed by atoms with Crippen molar-refractivity contribution < 1.29 is 0 Å². The largest absolute Gasteiger partial charge is 0.271 e. The molecular formula is C11H20N2. The number of nitrogens with two attached hydrogens (primary N) is 1. The van der Waals surface area contributed by atoms with E-state index in [1.54, 1.807) is 0 Å². The molecule has 3 N–H and O–H groups in total. The van der Waals surface area contributed by atoms with Crippen LogP contribution in [0.4, 0.5) is 0 Å². The summed E-state index contributed by atoms with van der Waals surface area (Å²) in [7, 11) is 0. The number of fused-ring (bicyclic) bond motifs is 1. The Hall–Kier alpha value is -0.340. The highest BCUT2D eigenvalue weighted by atomic mass is 15.2. The molecule has 3 unspecified atom stereocenters. The van der Waals surface area contributed by atoms with Gasteiger partial charge in [0.2, 0.25) is 0 Å². The van der Waals surface area contributed by atoms with Crippen LogP contribution in [0.25, 0.3) is 0 Å². The van der Waals surface area contributed by atoms with Gasteiger partial charge in [-0.2, -0.15) is 0 Å². The average Bonchev–Trinajstić information content (AvgIpc) is 2.69. The maximum absolute atomic E-state index is 5.57. The summed E-state index contributed by atoms with van der Waals surface area (Å²) in [6, 6.07) is 0.415. The van der Waals surface area contributed by atoms with Gasteiger partial charge in [0.05, 0.1) is 0 Å². The molecule has 2 rings (SSSR count). The maximum Gasteiger partial charge on any atom is 0.0421 e. The van der Waals surface area contributed by atoms with Gasteiger partial charge in [-0.3, -0.25) is 11.3 Å². The molecule has 0 radical (unpaired) electrons. The lowest BCUT2D eigenvalue weighted by Gasteiger charge is -2.21. The highest BCUT2D eigenvalue weighted by Crippen LogP contribution is 2.55. The summed E-state index contributed by atoms with van der Waals surface area (Å²) < 4.78 is 0. The minimum absolute atomic E-state index is 0.415. The second-order valence-electron chi connectivity index (χ2n) is 4.92. The zero-order valence-corrected chi connectivity index (χ0v) is 8.59. The van der Waals surface area contributed by atoms with Crippen LogP contribution in [0.3, 0.4) is 0 Å². The van der Waals surface area contributed by atoms with E-state index in [2.05, 4.69) is 25.3 Å². The molecule has 0 bridgehead atoms. The lowest BCUT2D eigenvalue weighted by Crippen LogP contribution is -2.39. The molecule has 2 aliphatic carbocycles. The van der Waals surface area contributed by atoms with Crippen LogP contribution in [-0.2, 0) is 0 Å². The van der Waals surface area contributed by atoms with Crippen LogP contribution < -0.4 is 11.3 Å². The Morgan fingerprint density at radius 2 is 1.92 bits per heavy atom. The van der Waals surface area contributed by atoms with E-state index < -0.39 is 0 Å². The molecule has 0 amide bonds. The van der Waals surface area contributed by atoms with E-state index in [0.29, 0.717) is 6.04 Å². The smallest absolute Gasteiger partial charge is 0.0421 e. The molecule has 0 aromatic carbocycles. The Morgan fingerprint density at radius 3 is 2.38 bits per heavy atom. The molecule has 2 aliphatic rings. The standard InChI is InChI=1S/C11H20N2/c1-7(2)3-11(13-12)10-5-8-4-9(8)6-10/h3,8-11,13H,4-6,12H2,1-2H3. The Bertz CT molecular complexity index is 208. The summed E-state index contributed by atoms with van der Waals surface area (Å²) >= 11 is 0. The average molecular weight is 180 g/mol. The zero-order valence-electron chi connectivity index (χ0n) is 8.59. The fraction of sp³-hybridized carbons (Fsp3) is 0.818. The van der Waals surface area contributed by atoms with E-state index in [0.717, 1.165) is 17.8 Å². The Kier molecular flexibility index (Phi) is 2.43. The molecule has 3 atom stereocenters. The Morgan fingerprint density at radius 1 is 1.31 bits per heavy atom. The van der Waals surface area contributed by atoms with E-state index in [9.17, 15) is 0 Å². The first-order valence-corrected chi connectivity index (χ1v) is 5.32. The van der Waals surface area contributed by atoms with E-state index in [1.165, 1.54) is 24.8 Å². The van der Waals surface area contributed by atoms with Gasteiger partial charge < -0.3 is 0 Å². The van der Waals surface area contributed by atoms with Crippen molar-refractivity contribution in [3.8, 4) is 0 Å².